The first-order chi connectivity index (χ1) is 17.1. The molecule has 0 spiro atoms. The SMILES string of the molecule is CC(C)CN(CC(=O)N(CCc1ccccc1)Cc1ccco1)C(=O)Nc1ccc(C(F)(F)F)cc1. The zero-order chi connectivity index (χ0) is 26.1. The van der Waals surface area contributed by atoms with Gasteiger partial charge in [0.2, 0.25) is 5.91 Å². The number of carbonyl (C=O) groups is 2. The highest BCUT2D eigenvalue weighted by Gasteiger charge is 2.30. The molecule has 0 aliphatic heterocycles. The van der Waals surface area contributed by atoms with E-state index in [9.17, 15) is 22.8 Å². The molecule has 192 valence electrons. The van der Waals surface area contributed by atoms with Gasteiger partial charge in [-0.2, -0.15) is 13.2 Å². The van der Waals surface area contributed by atoms with Gasteiger partial charge in [0.1, 0.15) is 12.3 Å². The third kappa shape index (κ3) is 8.18. The van der Waals surface area contributed by atoms with Crippen LogP contribution in [0.1, 0.15) is 30.7 Å². The molecule has 0 aliphatic rings. The second kappa shape index (κ2) is 12.3. The van der Waals surface area contributed by atoms with Crippen molar-refractivity contribution in [3.05, 3.63) is 89.9 Å². The van der Waals surface area contributed by atoms with E-state index in [-0.39, 0.29) is 30.6 Å². The Balaban J connectivity index is 1.70. The average Bonchev–Trinajstić information content (AvgIpc) is 3.34. The predicted molar refractivity (Wildman–Crippen MR) is 131 cm³/mol. The van der Waals surface area contributed by atoms with E-state index in [0.29, 0.717) is 25.3 Å². The molecule has 3 aromatic rings. The molecule has 0 saturated carbocycles. The molecule has 1 N–H and O–H groups in total. The van der Waals surface area contributed by atoms with Gasteiger partial charge in [-0.05, 0) is 54.3 Å². The van der Waals surface area contributed by atoms with Crippen LogP contribution in [-0.4, -0.2) is 41.4 Å². The van der Waals surface area contributed by atoms with Crippen molar-refractivity contribution in [3.8, 4) is 0 Å². The molecule has 1 heterocycles. The lowest BCUT2D eigenvalue weighted by molar-refractivity contribution is -0.137. The van der Waals surface area contributed by atoms with Crippen LogP contribution in [0.5, 0.6) is 0 Å². The number of benzene rings is 2. The normalized spacial score (nSPS) is 11.4. The van der Waals surface area contributed by atoms with Gasteiger partial charge in [-0.3, -0.25) is 4.79 Å². The third-order valence-corrected chi connectivity index (χ3v) is 5.46. The summed E-state index contributed by atoms with van der Waals surface area (Å²) < 4.78 is 43.9. The molecule has 0 radical (unpaired) electrons. The summed E-state index contributed by atoms with van der Waals surface area (Å²) in [7, 11) is 0. The van der Waals surface area contributed by atoms with E-state index < -0.39 is 17.8 Å². The van der Waals surface area contributed by atoms with Crippen LogP contribution >= 0.6 is 0 Å². The number of anilines is 1. The number of nitrogens with one attached hydrogen (secondary N) is 1. The van der Waals surface area contributed by atoms with Crippen molar-refractivity contribution in [1.82, 2.24) is 9.80 Å². The molecule has 9 heteroatoms. The maximum absolute atomic E-state index is 13.3. The minimum Gasteiger partial charge on any atom is -0.467 e. The van der Waals surface area contributed by atoms with Gasteiger partial charge in [-0.25, -0.2) is 4.79 Å². The maximum atomic E-state index is 13.3. The molecule has 0 atom stereocenters. The van der Waals surface area contributed by atoms with Crippen LogP contribution in [0.3, 0.4) is 0 Å². The van der Waals surface area contributed by atoms with Crippen molar-refractivity contribution in [2.75, 3.05) is 25.0 Å². The van der Waals surface area contributed by atoms with Crippen molar-refractivity contribution in [3.63, 3.8) is 0 Å². The van der Waals surface area contributed by atoms with E-state index in [1.165, 1.54) is 23.3 Å². The number of furan rings is 1. The number of alkyl halides is 3. The fourth-order valence-corrected chi connectivity index (χ4v) is 3.66. The molecule has 2 aromatic carbocycles. The maximum Gasteiger partial charge on any atom is 0.416 e. The number of hydrogen-bond donors (Lipinski definition) is 1. The fraction of sp³-hybridized carbons (Fsp3) is 0.333. The van der Waals surface area contributed by atoms with Crippen LogP contribution in [-0.2, 0) is 23.9 Å². The Bertz CT molecular complexity index is 1100. The van der Waals surface area contributed by atoms with E-state index >= 15 is 0 Å². The number of carbonyl (C=O) groups excluding carboxylic acids is 2. The number of nitrogens with zero attached hydrogens (tertiary/aromatic N) is 2. The van der Waals surface area contributed by atoms with Gasteiger partial charge in [-0.1, -0.05) is 44.2 Å². The van der Waals surface area contributed by atoms with Crippen LogP contribution in [0, 0.1) is 5.92 Å². The summed E-state index contributed by atoms with van der Waals surface area (Å²) in [6, 6.07) is 16.9. The number of urea groups is 1. The first-order valence-electron chi connectivity index (χ1n) is 11.7. The third-order valence-electron chi connectivity index (χ3n) is 5.46. The number of rotatable bonds is 10. The van der Waals surface area contributed by atoms with Crippen molar-refractivity contribution < 1.29 is 27.2 Å². The lowest BCUT2D eigenvalue weighted by atomic mass is 10.1. The highest BCUT2D eigenvalue weighted by atomic mass is 19.4. The van der Waals surface area contributed by atoms with Crippen molar-refractivity contribution in [2.45, 2.75) is 33.0 Å². The van der Waals surface area contributed by atoms with E-state index in [4.69, 9.17) is 4.42 Å². The average molecular weight is 502 g/mol. The highest BCUT2D eigenvalue weighted by molar-refractivity contribution is 5.92. The molecule has 6 nitrogen and oxygen atoms in total. The van der Waals surface area contributed by atoms with Crippen LogP contribution in [0.15, 0.2) is 77.4 Å². The smallest absolute Gasteiger partial charge is 0.416 e. The summed E-state index contributed by atoms with van der Waals surface area (Å²) >= 11 is 0. The molecule has 3 rings (SSSR count). The summed E-state index contributed by atoms with van der Waals surface area (Å²) in [5, 5.41) is 2.60. The minimum absolute atomic E-state index is 0.0685. The van der Waals surface area contributed by atoms with Crippen LogP contribution in [0.25, 0.3) is 0 Å². The number of hydrogen-bond acceptors (Lipinski definition) is 3. The summed E-state index contributed by atoms with van der Waals surface area (Å²) in [5.74, 6) is 0.436. The fourth-order valence-electron chi connectivity index (χ4n) is 3.66. The number of amides is 3. The van der Waals surface area contributed by atoms with Gasteiger partial charge in [0.25, 0.3) is 0 Å². The van der Waals surface area contributed by atoms with Gasteiger partial charge in [-0.15, -0.1) is 0 Å². The first kappa shape index (κ1) is 26.8. The molecule has 0 unspecified atom stereocenters. The predicted octanol–water partition coefficient (Wildman–Crippen LogP) is 6.06. The standard InChI is InChI=1S/C27H30F3N3O3/c1-20(2)17-33(26(35)31-23-12-10-22(11-13-23)27(28,29)30)19-25(34)32(18-24-9-6-16-36-24)15-14-21-7-4-3-5-8-21/h3-13,16,20H,14-15,17-19H2,1-2H3,(H,31,35). The molecule has 3 amide bonds. The molecule has 0 fully saturated rings. The number of halogens is 3. The molecular weight excluding hydrogens is 471 g/mol. The lowest BCUT2D eigenvalue weighted by Gasteiger charge is -2.28. The Labute approximate surface area is 208 Å². The zero-order valence-corrected chi connectivity index (χ0v) is 20.3. The first-order valence-corrected chi connectivity index (χ1v) is 11.7. The van der Waals surface area contributed by atoms with Crippen LogP contribution < -0.4 is 5.32 Å². The molecular formula is C27H30F3N3O3. The van der Waals surface area contributed by atoms with E-state index in [2.05, 4.69) is 5.32 Å². The van der Waals surface area contributed by atoms with Crippen molar-refractivity contribution in [2.24, 2.45) is 5.92 Å². The van der Waals surface area contributed by atoms with Gasteiger partial charge in [0.05, 0.1) is 18.4 Å². The molecule has 0 aliphatic carbocycles. The highest BCUT2D eigenvalue weighted by Crippen LogP contribution is 2.29. The largest absolute Gasteiger partial charge is 0.467 e. The zero-order valence-electron chi connectivity index (χ0n) is 20.3. The van der Waals surface area contributed by atoms with Crippen LogP contribution in [0.2, 0.25) is 0 Å². The van der Waals surface area contributed by atoms with E-state index in [0.717, 1.165) is 17.7 Å². The second-order valence-electron chi connectivity index (χ2n) is 8.91. The summed E-state index contributed by atoms with van der Waals surface area (Å²) in [6.45, 7) is 4.64. The van der Waals surface area contributed by atoms with Gasteiger partial charge < -0.3 is 19.5 Å². The molecule has 36 heavy (non-hydrogen) atoms. The Morgan fingerprint density at radius 2 is 1.64 bits per heavy atom. The Morgan fingerprint density at radius 3 is 2.22 bits per heavy atom. The van der Waals surface area contributed by atoms with Crippen LogP contribution in [0.4, 0.5) is 23.7 Å². The van der Waals surface area contributed by atoms with Gasteiger partial charge in [0, 0.05) is 18.8 Å². The Morgan fingerprint density at radius 1 is 0.944 bits per heavy atom. The van der Waals surface area contributed by atoms with Gasteiger partial charge in [0.15, 0.2) is 0 Å². The minimum atomic E-state index is -4.46. The quantitative estimate of drug-likeness (QED) is 0.367. The molecule has 1 aromatic heterocycles. The summed E-state index contributed by atoms with van der Waals surface area (Å²) in [4.78, 5) is 29.3. The van der Waals surface area contributed by atoms with E-state index in [1.807, 2.05) is 44.2 Å². The molecule has 0 bridgehead atoms. The molecule has 0 saturated heterocycles. The monoisotopic (exact) mass is 501 g/mol. The van der Waals surface area contributed by atoms with Crippen molar-refractivity contribution in [1.29, 1.82) is 0 Å². The van der Waals surface area contributed by atoms with Crippen molar-refractivity contribution >= 4 is 17.6 Å². The Hall–Kier alpha value is -3.75. The summed E-state index contributed by atoms with van der Waals surface area (Å²) in [6.07, 6.45) is -2.29. The Kier molecular flexibility index (Phi) is 9.16. The topological polar surface area (TPSA) is 65.8 Å². The lowest BCUT2D eigenvalue weighted by Crippen LogP contribution is -2.46. The van der Waals surface area contributed by atoms with Gasteiger partial charge >= 0.3 is 12.2 Å². The summed E-state index contributed by atoms with van der Waals surface area (Å²) in [5.41, 5.74) is 0.487. The second-order valence-corrected chi connectivity index (χ2v) is 8.91. The van der Waals surface area contributed by atoms with E-state index in [1.54, 1.807) is 17.0 Å².